The van der Waals surface area contributed by atoms with Gasteiger partial charge in [0.2, 0.25) is 5.91 Å². The van der Waals surface area contributed by atoms with Crippen LogP contribution in [0.5, 0.6) is 0 Å². The van der Waals surface area contributed by atoms with Crippen molar-refractivity contribution in [3.05, 3.63) is 59.7 Å². The third-order valence-electron chi connectivity index (χ3n) is 5.63. The molecule has 4 rings (SSSR count). The molecular formula is C22H29N3O4S. The van der Waals surface area contributed by atoms with E-state index in [0.29, 0.717) is 5.92 Å². The molecule has 1 unspecified atom stereocenters. The monoisotopic (exact) mass is 431 g/mol. The number of primary amides is 1. The number of benzene rings is 2. The van der Waals surface area contributed by atoms with Crippen LogP contribution in [0.1, 0.15) is 36.3 Å². The Hall–Kier alpha value is -2.42. The second-order valence-electron chi connectivity index (χ2n) is 7.84. The highest BCUT2D eigenvalue weighted by molar-refractivity contribution is 7.85. The van der Waals surface area contributed by atoms with Crippen LogP contribution in [-0.2, 0) is 14.9 Å². The van der Waals surface area contributed by atoms with Gasteiger partial charge in [0.05, 0.1) is 4.90 Å². The molecule has 2 aromatic rings. The molecule has 2 aliphatic rings. The fourth-order valence-electron chi connectivity index (χ4n) is 3.71. The summed E-state index contributed by atoms with van der Waals surface area (Å²) >= 11 is 0. The Balaban J connectivity index is 0.000000199. The molecule has 0 aromatic heterocycles. The number of carbonyl (C=O) groups excluding carboxylic acids is 1. The fraction of sp³-hybridized carbons (Fsp3) is 0.409. The minimum absolute atomic E-state index is 0.0666. The van der Waals surface area contributed by atoms with Gasteiger partial charge in [-0.3, -0.25) is 9.35 Å². The quantitative estimate of drug-likeness (QED) is 0.641. The molecule has 2 aromatic carbocycles. The summed E-state index contributed by atoms with van der Waals surface area (Å²) in [5.74, 6) is 0.453. The second-order valence-corrected chi connectivity index (χ2v) is 9.26. The molecule has 0 saturated carbocycles. The summed E-state index contributed by atoms with van der Waals surface area (Å²) in [7, 11) is -4.02. The van der Waals surface area contributed by atoms with Crippen molar-refractivity contribution in [2.45, 2.75) is 43.0 Å². The summed E-state index contributed by atoms with van der Waals surface area (Å²) in [6.45, 7) is 4.92. The van der Waals surface area contributed by atoms with Crippen molar-refractivity contribution in [1.82, 2.24) is 5.32 Å². The smallest absolute Gasteiger partial charge is 0.294 e. The Morgan fingerprint density at radius 2 is 1.70 bits per heavy atom. The molecule has 0 aliphatic carbocycles. The number of rotatable bonds is 4. The Morgan fingerprint density at radius 1 is 1.07 bits per heavy atom. The van der Waals surface area contributed by atoms with Gasteiger partial charge in [-0.15, -0.1) is 0 Å². The van der Waals surface area contributed by atoms with Crippen LogP contribution in [-0.4, -0.2) is 44.6 Å². The standard InChI is InChI=1S/C15H21N3O.C7H8O3S/c16-15(19)14-3-1-2-8-18(14)13-6-4-11(5-7-13)12-9-17-10-12;1-6-2-4-7(5-3-6)11(8,9)10/h4-7,12,14,17H,1-3,8-10H2,(H2,16,19);2-5H,1H3,(H,8,9,10). The van der Waals surface area contributed by atoms with Crippen LogP contribution < -0.4 is 16.0 Å². The van der Waals surface area contributed by atoms with Gasteiger partial charge in [-0.05, 0) is 56.0 Å². The minimum atomic E-state index is -4.02. The van der Waals surface area contributed by atoms with Crippen LogP contribution in [0.2, 0.25) is 0 Å². The summed E-state index contributed by atoms with van der Waals surface area (Å²) in [5, 5.41) is 3.29. The molecule has 8 heteroatoms. The molecule has 7 nitrogen and oxygen atoms in total. The molecule has 2 heterocycles. The zero-order chi connectivity index (χ0) is 21.7. The largest absolute Gasteiger partial charge is 0.368 e. The van der Waals surface area contributed by atoms with Gasteiger partial charge in [-0.25, -0.2) is 0 Å². The molecular weight excluding hydrogens is 402 g/mol. The number of aryl methyl sites for hydroxylation is 1. The predicted octanol–water partition coefficient (Wildman–Crippen LogP) is 2.46. The van der Waals surface area contributed by atoms with Crippen LogP contribution in [0, 0.1) is 6.92 Å². The SMILES string of the molecule is Cc1ccc(S(=O)(=O)O)cc1.NC(=O)C1CCCCN1c1ccc(C2CNC2)cc1. The van der Waals surface area contributed by atoms with Gasteiger partial charge >= 0.3 is 0 Å². The average Bonchev–Trinajstić information content (AvgIpc) is 2.67. The molecule has 0 spiro atoms. The van der Waals surface area contributed by atoms with E-state index in [0.717, 1.165) is 50.1 Å². The van der Waals surface area contributed by atoms with Crippen molar-refractivity contribution in [2.24, 2.45) is 5.73 Å². The first-order valence-corrected chi connectivity index (χ1v) is 11.6. The predicted molar refractivity (Wildman–Crippen MR) is 117 cm³/mol. The normalized spacial score (nSPS) is 19.4. The zero-order valence-electron chi connectivity index (χ0n) is 17.1. The Morgan fingerprint density at radius 3 is 2.20 bits per heavy atom. The van der Waals surface area contributed by atoms with Crippen LogP contribution in [0.15, 0.2) is 53.4 Å². The van der Waals surface area contributed by atoms with Gasteiger partial charge in [-0.2, -0.15) is 8.42 Å². The molecule has 2 saturated heterocycles. The van der Waals surface area contributed by atoms with Crippen LogP contribution >= 0.6 is 0 Å². The van der Waals surface area contributed by atoms with E-state index >= 15 is 0 Å². The molecule has 30 heavy (non-hydrogen) atoms. The number of nitrogens with two attached hydrogens (primary N) is 1. The second kappa shape index (κ2) is 9.59. The summed E-state index contributed by atoms with van der Waals surface area (Å²) < 4.78 is 29.6. The van der Waals surface area contributed by atoms with Gasteiger partial charge in [0.25, 0.3) is 10.1 Å². The van der Waals surface area contributed by atoms with Gasteiger partial charge in [0, 0.05) is 31.2 Å². The van der Waals surface area contributed by atoms with E-state index in [1.54, 1.807) is 12.1 Å². The molecule has 4 N–H and O–H groups in total. The number of piperidine rings is 1. The number of hydrogen-bond donors (Lipinski definition) is 3. The summed E-state index contributed by atoms with van der Waals surface area (Å²) in [5.41, 5.74) is 8.98. The van der Waals surface area contributed by atoms with E-state index in [4.69, 9.17) is 10.3 Å². The van der Waals surface area contributed by atoms with Crippen LogP contribution in [0.25, 0.3) is 0 Å². The van der Waals surface area contributed by atoms with E-state index in [-0.39, 0.29) is 16.8 Å². The zero-order valence-corrected chi connectivity index (χ0v) is 17.9. The van der Waals surface area contributed by atoms with Crippen molar-refractivity contribution in [3.8, 4) is 0 Å². The van der Waals surface area contributed by atoms with Crippen molar-refractivity contribution >= 4 is 21.7 Å². The minimum Gasteiger partial charge on any atom is -0.368 e. The highest BCUT2D eigenvalue weighted by atomic mass is 32.2. The number of hydrogen-bond acceptors (Lipinski definition) is 5. The Labute approximate surface area is 178 Å². The molecule has 2 aliphatic heterocycles. The first kappa shape index (κ1) is 22.3. The highest BCUT2D eigenvalue weighted by Gasteiger charge is 2.27. The summed E-state index contributed by atoms with van der Waals surface area (Å²) in [6, 6.07) is 14.5. The maximum Gasteiger partial charge on any atom is 0.294 e. The third kappa shape index (κ3) is 5.59. The van der Waals surface area contributed by atoms with Crippen molar-refractivity contribution in [3.63, 3.8) is 0 Å². The Bertz CT molecular complexity index is 955. The molecule has 0 bridgehead atoms. The number of nitrogens with one attached hydrogen (secondary N) is 1. The highest BCUT2D eigenvalue weighted by Crippen LogP contribution is 2.27. The number of anilines is 1. The Kier molecular flexibility index (Phi) is 7.12. The lowest BCUT2D eigenvalue weighted by Crippen LogP contribution is -2.47. The third-order valence-corrected chi connectivity index (χ3v) is 6.50. The maximum absolute atomic E-state index is 11.5. The maximum atomic E-state index is 11.5. The van der Waals surface area contributed by atoms with E-state index in [9.17, 15) is 13.2 Å². The summed E-state index contributed by atoms with van der Waals surface area (Å²) in [6.07, 6.45) is 3.11. The number of amides is 1. The van der Waals surface area contributed by atoms with E-state index in [2.05, 4.69) is 34.5 Å². The lowest BCUT2D eigenvalue weighted by Gasteiger charge is -2.36. The molecule has 1 amide bonds. The number of carbonyl (C=O) groups is 1. The van der Waals surface area contributed by atoms with Crippen molar-refractivity contribution in [2.75, 3.05) is 24.5 Å². The molecule has 162 valence electrons. The fourth-order valence-corrected chi connectivity index (χ4v) is 4.19. The van der Waals surface area contributed by atoms with Crippen molar-refractivity contribution < 1.29 is 17.8 Å². The van der Waals surface area contributed by atoms with Gasteiger partial charge < -0.3 is 16.0 Å². The van der Waals surface area contributed by atoms with Crippen LogP contribution in [0.3, 0.4) is 0 Å². The summed E-state index contributed by atoms with van der Waals surface area (Å²) in [4.78, 5) is 13.6. The van der Waals surface area contributed by atoms with Gasteiger partial charge in [-0.1, -0.05) is 29.8 Å². The first-order chi connectivity index (χ1) is 14.3. The van der Waals surface area contributed by atoms with E-state index in [1.807, 2.05) is 6.92 Å². The van der Waals surface area contributed by atoms with Gasteiger partial charge in [0.1, 0.15) is 6.04 Å². The van der Waals surface area contributed by atoms with Crippen LogP contribution in [0.4, 0.5) is 5.69 Å². The lowest BCUT2D eigenvalue weighted by molar-refractivity contribution is -0.119. The van der Waals surface area contributed by atoms with E-state index < -0.39 is 10.1 Å². The molecule has 0 radical (unpaired) electrons. The first-order valence-electron chi connectivity index (χ1n) is 10.2. The average molecular weight is 432 g/mol. The van der Waals surface area contributed by atoms with E-state index in [1.165, 1.54) is 17.7 Å². The van der Waals surface area contributed by atoms with Gasteiger partial charge in [0.15, 0.2) is 0 Å². The lowest BCUT2D eigenvalue weighted by atomic mass is 9.93. The number of nitrogens with zero attached hydrogens (tertiary/aromatic N) is 1. The van der Waals surface area contributed by atoms with Crippen molar-refractivity contribution in [1.29, 1.82) is 0 Å². The molecule has 1 atom stereocenters. The molecule has 2 fully saturated rings. The topological polar surface area (TPSA) is 113 Å².